The van der Waals surface area contributed by atoms with Crippen LogP contribution < -0.4 is 83.4 Å². The summed E-state index contributed by atoms with van der Waals surface area (Å²) in [6.07, 6.45) is -1.58. The van der Waals surface area contributed by atoms with E-state index in [0.717, 1.165) is 38.5 Å². The van der Waals surface area contributed by atoms with Gasteiger partial charge in [0.1, 0.15) is 0 Å². The molecule has 4 saturated carbocycles. The molecule has 0 aromatic carbocycles. The number of carboxylic acid groups (broad SMARTS) is 8. The number of rotatable bonds is 8. The minimum Gasteiger partial charge on any atom is -0.550 e. The fraction of sp³-hybridized carbons (Fsp3) is 0.800. The van der Waals surface area contributed by atoms with Crippen LogP contribution in [0.25, 0.3) is 0 Å². The van der Waals surface area contributed by atoms with Crippen molar-refractivity contribution in [3.05, 3.63) is 0 Å². The summed E-state index contributed by atoms with van der Waals surface area (Å²) < 4.78 is 0. The molecule has 8 bridgehead atoms. The summed E-state index contributed by atoms with van der Waals surface area (Å²) in [5.41, 5.74) is 0. The van der Waals surface area contributed by atoms with E-state index in [9.17, 15) is 79.2 Å². The number of hydrogen-bond acceptors (Lipinski definition) is 24. The van der Waals surface area contributed by atoms with Crippen LogP contribution in [0, 0.1) is 94.7 Å². The molecule has 4 radical (unpaired) electrons. The van der Waals surface area contributed by atoms with E-state index in [1.807, 2.05) is 0 Å². The van der Waals surface area contributed by atoms with Crippen molar-refractivity contribution >= 4 is 47.8 Å². The molecular formula is C40H48Cu4N8O16. The van der Waals surface area contributed by atoms with Gasteiger partial charge in [-0.1, -0.05) is 25.7 Å². The monoisotopic (exact) mass is 1150 g/mol. The van der Waals surface area contributed by atoms with Gasteiger partial charge in [0, 0.05) is 119 Å². The third kappa shape index (κ3) is 9.28. The van der Waals surface area contributed by atoms with Crippen LogP contribution in [0.1, 0.15) is 51.4 Å². The summed E-state index contributed by atoms with van der Waals surface area (Å²) in [6.45, 7) is 0. The van der Waals surface area contributed by atoms with Crippen LogP contribution >= 0.6 is 0 Å². The Labute approximate surface area is 430 Å². The van der Waals surface area contributed by atoms with E-state index in [2.05, 4.69) is 42.5 Å². The average molecular weight is 1150 g/mol. The van der Waals surface area contributed by atoms with Crippen LogP contribution in [0.5, 0.6) is 0 Å². The van der Waals surface area contributed by atoms with Gasteiger partial charge in [0.05, 0.1) is 49.3 Å². The Morgan fingerprint density at radius 1 is 0.250 bits per heavy atom. The van der Waals surface area contributed by atoms with E-state index >= 15 is 0 Å². The van der Waals surface area contributed by atoms with Gasteiger partial charge in [-0.3, -0.25) is 42.5 Å². The first-order valence-corrected chi connectivity index (χ1v) is 22.2. The quantitative estimate of drug-likeness (QED) is 0.105. The van der Waals surface area contributed by atoms with Crippen molar-refractivity contribution in [2.24, 2.45) is 94.7 Å². The standard InChI is InChI=1S/C40H56N8O16.4Cu/c49-33(50)17-13-15(19(35(53)54)23(39(61)62)21(17)37(57)58)31-46-29(13)44-27-11-7-3-1-5-9(11)25(42-27)41-26-10-6-2-4-8-12(10)28(43-26)45-30-14-16(32(47-30)48-31)20(36(55)56)24(40(63)64)22(38(59)60)18(14)34(51)52;;;;/h9-32,41-48H,1-8H2,(H,49,50)(H,51,52)(H,53,54)(H,55,56)(H,57,58)(H,59,60)(H,61,62)(H,63,64);;;;/q;4*+2/p-8. The Balaban J connectivity index is 0.00000216. The second-order valence-electron chi connectivity index (χ2n) is 19.4. The molecule has 8 N–H and O–H groups in total. The van der Waals surface area contributed by atoms with Gasteiger partial charge in [0.25, 0.3) is 0 Å². The molecule has 0 aromatic heterocycles. The van der Waals surface area contributed by atoms with Gasteiger partial charge in [-0.2, -0.15) is 0 Å². The fourth-order valence-electron chi connectivity index (χ4n) is 14.8. The maximum atomic E-state index is 13.2. The smallest absolute Gasteiger partial charge is 0.550 e. The number of aliphatic carboxylic acids is 8. The number of nitrogens with one attached hydrogen (secondary N) is 8. The van der Waals surface area contributed by atoms with E-state index in [4.69, 9.17) is 0 Å². The summed E-state index contributed by atoms with van der Waals surface area (Å²) >= 11 is 0. The molecular weight excluding hydrogens is 1100 g/mol. The van der Waals surface area contributed by atoms with E-state index in [1.165, 1.54) is 0 Å². The van der Waals surface area contributed by atoms with Crippen molar-refractivity contribution in [2.45, 2.75) is 101 Å². The molecule has 24 nitrogen and oxygen atoms in total. The van der Waals surface area contributed by atoms with Crippen LogP contribution in [-0.4, -0.2) is 97.1 Å². The Morgan fingerprint density at radius 2 is 0.397 bits per heavy atom. The normalized spacial score (nSPS) is 46.4. The summed E-state index contributed by atoms with van der Waals surface area (Å²) in [6, 6.07) is 0. The second-order valence-corrected chi connectivity index (χ2v) is 19.4. The number of hydrogen-bond donors (Lipinski definition) is 8. The van der Waals surface area contributed by atoms with Crippen LogP contribution in [0.4, 0.5) is 0 Å². The Kier molecular flexibility index (Phi) is 18.0. The molecule has 0 aromatic rings. The van der Waals surface area contributed by atoms with Crippen LogP contribution in [0.3, 0.4) is 0 Å². The number of fused-ring (bicyclic) bond motifs is 20. The fourth-order valence-corrected chi connectivity index (χ4v) is 14.8. The van der Waals surface area contributed by atoms with Gasteiger partial charge in [0.15, 0.2) is 0 Å². The van der Waals surface area contributed by atoms with Gasteiger partial charge in [-0.15, -0.1) is 0 Å². The molecule has 5 aliphatic heterocycles. The van der Waals surface area contributed by atoms with Crippen molar-refractivity contribution in [2.75, 3.05) is 0 Å². The molecule has 0 amide bonds. The zero-order valence-corrected chi connectivity index (χ0v) is 39.0. The van der Waals surface area contributed by atoms with Gasteiger partial charge >= 0.3 is 68.3 Å². The van der Waals surface area contributed by atoms with E-state index < -0.39 is 156 Å². The molecule has 0 spiro atoms. The minimum atomic E-state index is -2.58. The maximum Gasteiger partial charge on any atom is 2.00 e. The Morgan fingerprint density at radius 3 is 0.559 bits per heavy atom. The van der Waals surface area contributed by atoms with Crippen molar-refractivity contribution in [1.82, 2.24) is 42.5 Å². The van der Waals surface area contributed by atoms with Crippen molar-refractivity contribution in [1.29, 1.82) is 0 Å². The van der Waals surface area contributed by atoms with Crippen LogP contribution in [-0.2, 0) is 107 Å². The van der Waals surface area contributed by atoms with Gasteiger partial charge in [-0.25, -0.2) is 0 Å². The zero-order valence-electron chi connectivity index (χ0n) is 35.3. The summed E-state index contributed by atoms with van der Waals surface area (Å²) in [5.74, 6) is -43.7. The molecule has 9 fully saturated rings. The van der Waals surface area contributed by atoms with Crippen molar-refractivity contribution < 1.29 is 147 Å². The molecule has 24 unspecified atom stereocenters. The topological polar surface area (TPSA) is 417 Å². The first-order chi connectivity index (χ1) is 30.4. The summed E-state index contributed by atoms with van der Waals surface area (Å²) in [7, 11) is 0. The summed E-state index contributed by atoms with van der Waals surface area (Å²) in [4.78, 5) is 104. The molecule has 5 saturated heterocycles. The van der Waals surface area contributed by atoms with Gasteiger partial charge in [0.2, 0.25) is 0 Å². The molecule has 28 heteroatoms. The van der Waals surface area contributed by atoms with E-state index in [0.29, 0.717) is 12.8 Å². The maximum absolute atomic E-state index is 13.2. The molecule has 4 aliphatic carbocycles. The Bertz CT molecular complexity index is 1870. The van der Waals surface area contributed by atoms with E-state index in [-0.39, 0.29) is 104 Å². The first-order valence-electron chi connectivity index (χ1n) is 22.2. The van der Waals surface area contributed by atoms with Gasteiger partial charge in [-0.05, 0) is 49.4 Å². The average Bonchev–Trinajstić information content (AvgIpc) is 3.97. The minimum absolute atomic E-state index is 0. The molecule has 388 valence electrons. The predicted molar refractivity (Wildman–Crippen MR) is 188 cm³/mol. The van der Waals surface area contributed by atoms with Crippen LogP contribution in [0.2, 0.25) is 0 Å². The molecule has 24 atom stereocenters. The molecule has 9 rings (SSSR count). The van der Waals surface area contributed by atoms with Crippen molar-refractivity contribution in [3.63, 3.8) is 0 Å². The SMILES string of the molecule is O=C([O-])C1C(C(=O)[O-])C(C(=O)[O-])C2C3NC(NC4NC(NC5NC(NC6NC(N3)C3C(C(=O)[O-])C(C(=O)[O-])C(C(=O)[O-])C(C(=O)[O-])C63)C3CCCCC53)C3CCCCC43)C2C1C(=O)[O-].[Cu+2].[Cu+2].[Cu+2].[Cu+2]. The molecule has 5 heterocycles. The largest absolute Gasteiger partial charge is 2.00 e. The molecule has 9 aliphatic rings. The van der Waals surface area contributed by atoms with Crippen LogP contribution in [0.15, 0.2) is 0 Å². The summed E-state index contributed by atoms with van der Waals surface area (Å²) in [5, 5.41) is 131. The number of carbonyl (C=O) groups is 8. The molecule has 68 heavy (non-hydrogen) atoms. The first kappa shape index (κ1) is 56.4. The van der Waals surface area contributed by atoms with Crippen molar-refractivity contribution in [3.8, 4) is 0 Å². The van der Waals surface area contributed by atoms with E-state index in [1.54, 1.807) is 0 Å². The third-order valence-electron chi connectivity index (χ3n) is 16.9. The number of carboxylic acids is 8. The third-order valence-corrected chi connectivity index (χ3v) is 16.9. The predicted octanol–water partition coefficient (Wildman–Crippen LogP) is -13.6. The number of carbonyl (C=O) groups excluding carboxylic acids is 8. The second kappa shape index (κ2) is 21.7. The van der Waals surface area contributed by atoms with Gasteiger partial charge < -0.3 is 79.2 Å². The Hall–Kier alpha value is -2.48. The zero-order chi connectivity index (χ0) is 45.8.